The van der Waals surface area contributed by atoms with Gasteiger partial charge >= 0.3 is 0 Å². The molecule has 1 aromatic rings. The van der Waals surface area contributed by atoms with Crippen LogP contribution in [0.3, 0.4) is 0 Å². The lowest BCUT2D eigenvalue weighted by molar-refractivity contribution is -0.133. The van der Waals surface area contributed by atoms with Gasteiger partial charge in [-0.1, -0.05) is 19.1 Å². The Morgan fingerprint density at radius 3 is 2.82 bits per heavy atom. The molecule has 1 unspecified atom stereocenters. The monoisotopic (exact) mass is 236 g/mol. The Morgan fingerprint density at radius 1 is 1.53 bits per heavy atom. The van der Waals surface area contributed by atoms with Gasteiger partial charge in [0.05, 0.1) is 7.11 Å². The Hall–Kier alpha value is -1.55. The van der Waals surface area contributed by atoms with E-state index in [0.29, 0.717) is 13.1 Å². The molecule has 0 spiro atoms. The highest BCUT2D eigenvalue weighted by atomic mass is 16.5. The fourth-order valence-corrected chi connectivity index (χ4v) is 1.60. The zero-order valence-corrected chi connectivity index (χ0v) is 10.6. The largest absolute Gasteiger partial charge is 0.497 e. The number of methoxy groups -OCH3 is 1. The van der Waals surface area contributed by atoms with Gasteiger partial charge in [-0.05, 0) is 17.7 Å². The number of rotatable bonds is 5. The number of hydrogen-bond donors (Lipinski definition) is 1. The molecule has 2 N–H and O–H groups in total. The van der Waals surface area contributed by atoms with E-state index >= 15 is 0 Å². The van der Waals surface area contributed by atoms with Gasteiger partial charge < -0.3 is 15.4 Å². The number of ether oxygens (including phenoxy) is 1. The minimum Gasteiger partial charge on any atom is -0.497 e. The van der Waals surface area contributed by atoms with E-state index in [0.717, 1.165) is 11.3 Å². The molecule has 0 saturated heterocycles. The molecule has 0 aliphatic carbocycles. The Balaban J connectivity index is 2.67. The summed E-state index contributed by atoms with van der Waals surface area (Å²) in [5.41, 5.74) is 6.53. The van der Waals surface area contributed by atoms with E-state index in [-0.39, 0.29) is 11.8 Å². The van der Waals surface area contributed by atoms with Crippen molar-refractivity contribution in [3.8, 4) is 5.75 Å². The lowest BCUT2D eigenvalue weighted by Gasteiger charge is -2.20. The molecule has 94 valence electrons. The smallest absolute Gasteiger partial charge is 0.226 e. The third-order valence-electron chi connectivity index (χ3n) is 2.71. The van der Waals surface area contributed by atoms with Crippen molar-refractivity contribution in [1.29, 1.82) is 0 Å². The molecule has 0 radical (unpaired) electrons. The third-order valence-corrected chi connectivity index (χ3v) is 2.71. The second-order valence-electron chi connectivity index (χ2n) is 4.18. The predicted molar refractivity (Wildman–Crippen MR) is 67.7 cm³/mol. The summed E-state index contributed by atoms with van der Waals surface area (Å²) in [5.74, 6) is 0.733. The Kier molecular flexibility index (Phi) is 4.97. The van der Waals surface area contributed by atoms with E-state index in [4.69, 9.17) is 10.5 Å². The summed E-state index contributed by atoms with van der Waals surface area (Å²) < 4.78 is 5.14. The van der Waals surface area contributed by atoms with Gasteiger partial charge in [0, 0.05) is 26.1 Å². The van der Waals surface area contributed by atoms with E-state index < -0.39 is 0 Å². The average Bonchev–Trinajstić information content (AvgIpc) is 2.37. The van der Waals surface area contributed by atoms with Crippen LogP contribution in [-0.4, -0.2) is 31.5 Å². The van der Waals surface area contributed by atoms with Crippen LogP contribution in [0, 0.1) is 5.92 Å². The summed E-state index contributed by atoms with van der Waals surface area (Å²) >= 11 is 0. The number of nitrogens with zero attached hydrogens (tertiary/aromatic N) is 1. The first-order valence-corrected chi connectivity index (χ1v) is 5.66. The molecule has 1 atom stereocenters. The summed E-state index contributed by atoms with van der Waals surface area (Å²) in [6, 6.07) is 7.70. The van der Waals surface area contributed by atoms with Crippen LogP contribution in [0.4, 0.5) is 0 Å². The Labute approximate surface area is 102 Å². The Bertz CT molecular complexity index is 379. The van der Waals surface area contributed by atoms with Crippen molar-refractivity contribution in [1.82, 2.24) is 4.90 Å². The van der Waals surface area contributed by atoms with E-state index in [1.807, 2.05) is 31.2 Å². The topological polar surface area (TPSA) is 55.6 Å². The van der Waals surface area contributed by atoms with Crippen LogP contribution >= 0.6 is 0 Å². The van der Waals surface area contributed by atoms with Crippen molar-refractivity contribution in [2.75, 3.05) is 20.7 Å². The highest BCUT2D eigenvalue weighted by molar-refractivity contribution is 5.78. The zero-order chi connectivity index (χ0) is 12.8. The molecule has 0 bridgehead atoms. The number of nitrogens with two attached hydrogens (primary N) is 1. The first-order chi connectivity index (χ1) is 8.08. The fourth-order valence-electron chi connectivity index (χ4n) is 1.60. The SMILES string of the molecule is COc1cccc(CN(C)C(=O)C(C)CN)c1. The molecule has 1 amide bonds. The van der Waals surface area contributed by atoms with Crippen LogP contribution in [0.2, 0.25) is 0 Å². The van der Waals surface area contributed by atoms with Gasteiger partial charge in [0.1, 0.15) is 5.75 Å². The van der Waals surface area contributed by atoms with Gasteiger partial charge in [-0.2, -0.15) is 0 Å². The van der Waals surface area contributed by atoms with Gasteiger partial charge in [0.25, 0.3) is 0 Å². The van der Waals surface area contributed by atoms with E-state index in [2.05, 4.69) is 0 Å². The number of benzene rings is 1. The summed E-state index contributed by atoms with van der Waals surface area (Å²) in [7, 11) is 3.42. The first kappa shape index (κ1) is 13.5. The molecular formula is C13H20N2O2. The van der Waals surface area contributed by atoms with Crippen molar-refractivity contribution >= 4 is 5.91 Å². The van der Waals surface area contributed by atoms with Crippen molar-refractivity contribution in [2.24, 2.45) is 11.7 Å². The second kappa shape index (κ2) is 6.25. The number of carbonyl (C=O) groups excluding carboxylic acids is 1. The van der Waals surface area contributed by atoms with Crippen LogP contribution in [-0.2, 0) is 11.3 Å². The van der Waals surface area contributed by atoms with Crippen LogP contribution < -0.4 is 10.5 Å². The minimum atomic E-state index is -0.134. The second-order valence-corrected chi connectivity index (χ2v) is 4.18. The number of amides is 1. The van der Waals surface area contributed by atoms with Crippen LogP contribution in [0.15, 0.2) is 24.3 Å². The van der Waals surface area contributed by atoms with E-state index in [9.17, 15) is 4.79 Å². The lowest BCUT2D eigenvalue weighted by Crippen LogP contribution is -2.34. The third kappa shape index (κ3) is 3.75. The summed E-state index contributed by atoms with van der Waals surface area (Å²) in [6.45, 7) is 2.78. The van der Waals surface area contributed by atoms with Gasteiger partial charge in [-0.3, -0.25) is 4.79 Å². The maximum Gasteiger partial charge on any atom is 0.226 e. The van der Waals surface area contributed by atoms with Crippen molar-refractivity contribution in [3.05, 3.63) is 29.8 Å². The van der Waals surface area contributed by atoms with Crippen LogP contribution in [0.25, 0.3) is 0 Å². The van der Waals surface area contributed by atoms with Crippen molar-refractivity contribution in [3.63, 3.8) is 0 Å². The summed E-state index contributed by atoms with van der Waals surface area (Å²) in [6.07, 6.45) is 0. The summed E-state index contributed by atoms with van der Waals surface area (Å²) in [4.78, 5) is 13.5. The average molecular weight is 236 g/mol. The molecule has 0 heterocycles. The van der Waals surface area contributed by atoms with Crippen LogP contribution in [0.5, 0.6) is 5.75 Å². The van der Waals surface area contributed by atoms with E-state index in [1.54, 1.807) is 19.1 Å². The maximum absolute atomic E-state index is 11.8. The Morgan fingerprint density at radius 2 is 2.24 bits per heavy atom. The maximum atomic E-state index is 11.8. The summed E-state index contributed by atoms with van der Waals surface area (Å²) in [5, 5.41) is 0. The molecule has 4 nitrogen and oxygen atoms in total. The van der Waals surface area contributed by atoms with Crippen molar-refractivity contribution < 1.29 is 9.53 Å². The molecule has 0 aliphatic rings. The highest BCUT2D eigenvalue weighted by Gasteiger charge is 2.15. The lowest BCUT2D eigenvalue weighted by atomic mass is 10.1. The van der Waals surface area contributed by atoms with Crippen molar-refractivity contribution in [2.45, 2.75) is 13.5 Å². The molecule has 0 fully saturated rings. The van der Waals surface area contributed by atoms with E-state index in [1.165, 1.54) is 0 Å². The minimum absolute atomic E-state index is 0.0651. The number of hydrogen-bond acceptors (Lipinski definition) is 3. The van der Waals surface area contributed by atoms with Gasteiger partial charge in [-0.25, -0.2) is 0 Å². The van der Waals surface area contributed by atoms with Gasteiger partial charge in [0.15, 0.2) is 0 Å². The molecule has 0 saturated carbocycles. The van der Waals surface area contributed by atoms with Gasteiger partial charge in [0.2, 0.25) is 5.91 Å². The highest BCUT2D eigenvalue weighted by Crippen LogP contribution is 2.14. The normalized spacial score (nSPS) is 12.0. The van der Waals surface area contributed by atoms with Crippen LogP contribution in [0.1, 0.15) is 12.5 Å². The molecule has 0 aromatic heterocycles. The molecule has 17 heavy (non-hydrogen) atoms. The fraction of sp³-hybridized carbons (Fsp3) is 0.462. The number of carbonyl (C=O) groups is 1. The molecule has 0 aliphatic heterocycles. The molecule has 1 rings (SSSR count). The molecular weight excluding hydrogens is 216 g/mol. The standard InChI is InChI=1S/C13H20N2O2/c1-10(8-14)13(16)15(2)9-11-5-4-6-12(7-11)17-3/h4-7,10H,8-9,14H2,1-3H3. The predicted octanol–water partition coefficient (Wildman–Crippen LogP) is 1.25. The van der Waals surface area contributed by atoms with Gasteiger partial charge in [-0.15, -0.1) is 0 Å². The first-order valence-electron chi connectivity index (χ1n) is 5.66. The quantitative estimate of drug-likeness (QED) is 0.837. The zero-order valence-electron chi connectivity index (χ0n) is 10.6. The molecule has 1 aromatic carbocycles. The molecule has 4 heteroatoms.